The molecule has 94 valence electrons. The van der Waals surface area contributed by atoms with Gasteiger partial charge in [-0.25, -0.2) is 4.98 Å². The van der Waals surface area contributed by atoms with Crippen LogP contribution in [0.5, 0.6) is 0 Å². The molecule has 0 spiro atoms. The lowest BCUT2D eigenvalue weighted by molar-refractivity contribution is 0.102. The summed E-state index contributed by atoms with van der Waals surface area (Å²) in [4.78, 5) is 21.6. The molecule has 18 heavy (non-hydrogen) atoms. The summed E-state index contributed by atoms with van der Waals surface area (Å²) >= 11 is 1.50. The smallest absolute Gasteiger partial charge is 0.259 e. The van der Waals surface area contributed by atoms with Gasteiger partial charge in [0.25, 0.3) is 5.91 Å². The van der Waals surface area contributed by atoms with Crippen molar-refractivity contribution < 1.29 is 4.79 Å². The molecule has 0 aliphatic rings. The molecule has 1 amide bonds. The van der Waals surface area contributed by atoms with Crippen molar-refractivity contribution in [2.45, 2.75) is 27.2 Å². The Bertz CT molecular complexity index is 560. The molecule has 5 heteroatoms. The number of aryl methyl sites for hydroxylation is 3. The number of aromatic nitrogens is 2. The highest BCUT2D eigenvalue weighted by atomic mass is 32.1. The second-order valence-corrected chi connectivity index (χ2v) is 5.22. The number of thiazole rings is 1. The highest BCUT2D eigenvalue weighted by molar-refractivity contribution is 7.15. The van der Waals surface area contributed by atoms with Crippen LogP contribution in [0.15, 0.2) is 18.3 Å². The Morgan fingerprint density at radius 2 is 2.17 bits per heavy atom. The average molecular weight is 261 g/mol. The lowest BCUT2D eigenvalue weighted by Crippen LogP contribution is -2.12. The van der Waals surface area contributed by atoms with Crippen LogP contribution in [-0.2, 0) is 6.42 Å². The van der Waals surface area contributed by atoms with E-state index in [-0.39, 0.29) is 5.91 Å². The normalized spacial score (nSPS) is 10.4. The minimum atomic E-state index is -0.168. The third-order valence-electron chi connectivity index (χ3n) is 2.62. The zero-order chi connectivity index (χ0) is 13.1. The van der Waals surface area contributed by atoms with Gasteiger partial charge >= 0.3 is 0 Å². The Hall–Kier alpha value is -1.75. The lowest BCUT2D eigenvalue weighted by atomic mass is 10.2. The molecule has 2 aromatic rings. The van der Waals surface area contributed by atoms with Crippen LogP contribution >= 0.6 is 11.3 Å². The van der Waals surface area contributed by atoms with Crippen molar-refractivity contribution in [2.75, 3.05) is 5.32 Å². The van der Waals surface area contributed by atoms with Gasteiger partial charge < -0.3 is 0 Å². The van der Waals surface area contributed by atoms with Crippen LogP contribution in [0.2, 0.25) is 0 Å². The summed E-state index contributed by atoms with van der Waals surface area (Å²) < 4.78 is 0. The summed E-state index contributed by atoms with van der Waals surface area (Å²) in [6, 6.07) is 3.58. The van der Waals surface area contributed by atoms with Crippen LogP contribution in [0, 0.1) is 13.8 Å². The Labute approximate surface area is 110 Å². The molecule has 2 rings (SSSR count). The first-order valence-electron chi connectivity index (χ1n) is 5.80. The van der Waals surface area contributed by atoms with Crippen molar-refractivity contribution >= 4 is 22.4 Å². The number of hydrogen-bond acceptors (Lipinski definition) is 4. The highest BCUT2D eigenvalue weighted by Gasteiger charge is 2.11. The topological polar surface area (TPSA) is 54.9 Å². The summed E-state index contributed by atoms with van der Waals surface area (Å²) in [6.45, 7) is 5.95. The number of amides is 1. The first-order valence-corrected chi connectivity index (χ1v) is 6.62. The van der Waals surface area contributed by atoms with Crippen LogP contribution in [-0.4, -0.2) is 15.9 Å². The van der Waals surface area contributed by atoms with E-state index in [2.05, 4.69) is 22.2 Å². The van der Waals surface area contributed by atoms with Gasteiger partial charge in [0.1, 0.15) is 0 Å². The van der Waals surface area contributed by atoms with Crippen molar-refractivity contribution in [2.24, 2.45) is 0 Å². The zero-order valence-electron chi connectivity index (χ0n) is 10.7. The van der Waals surface area contributed by atoms with Gasteiger partial charge in [0.2, 0.25) is 0 Å². The van der Waals surface area contributed by atoms with Crippen LogP contribution < -0.4 is 5.32 Å². The second kappa shape index (κ2) is 5.27. The summed E-state index contributed by atoms with van der Waals surface area (Å²) in [5.74, 6) is -0.168. The molecule has 0 aliphatic carbocycles. The maximum atomic E-state index is 11.9. The number of carbonyl (C=O) groups excluding carboxylic acids is 1. The van der Waals surface area contributed by atoms with Gasteiger partial charge in [0, 0.05) is 16.8 Å². The number of nitrogens with one attached hydrogen (secondary N) is 1. The Balaban J connectivity index is 2.13. The van der Waals surface area contributed by atoms with Crippen molar-refractivity contribution in [3.8, 4) is 0 Å². The van der Waals surface area contributed by atoms with E-state index in [4.69, 9.17) is 0 Å². The summed E-state index contributed by atoms with van der Waals surface area (Å²) in [5, 5.41) is 3.45. The molecule has 0 bridgehead atoms. The molecule has 0 aliphatic heterocycles. The molecular formula is C13H15N3OS. The lowest BCUT2D eigenvalue weighted by Gasteiger charge is -2.01. The molecule has 0 aromatic carbocycles. The first kappa shape index (κ1) is 12.7. The Morgan fingerprint density at radius 3 is 2.72 bits per heavy atom. The fourth-order valence-electron chi connectivity index (χ4n) is 1.58. The van der Waals surface area contributed by atoms with Crippen LogP contribution in [0.1, 0.15) is 33.5 Å². The Morgan fingerprint density at radius 1 is 1.39 bits per heavy atom. The van der Waals surface area contributed by atoms with E-state index in [9.17, 15) is 4.79 Å². The number of nitrogens with zero attached hydrogens (tertiary/aromatic N) is 2. The number of hydrogen-bond donors (Lipinski definition) is 1. The Kier molecular flexibility index (Phi) is 3.72. The molecule has 0 saturated carbocycles. The summed E-state index contributed by atoms with van der Waals surface area (Å²) in [6.07, 6.45) is 2.45. The van der Waals surface area contributed by atoms with Gasteiger partial charge in [-0.15, -0.1) is 11.3 Å². The molecule has 0 unspecified atom stereocenters. The third kappa shape index (κ3) is 2.73. The van der Waals surface area contributed by atoms with Gasteiger partial charge in [-0.3, -0.25) is 15.1 Å². The standard InChI is InChI=1S/C13H15N3OS/c1-4-11-9(3)18-13(15-11)16-12(17)10-6-5-8(2)14-7-10/h5-7H,4H2,1-3H3,(H,15,16,17). The van der Waals surface area contributed by atoms with E-state index < -0.39 is 0 Å². The minimum absolute atomic E-state index is 0.168. The maximum absolute atomic E-state index is 11.9. The zero-order valence-corrected chi connectivity index (χ0v) is 11.5. The molecule has 0 fully saturated rings. The summed E-state index contributed by atoms with van der Waals surface area (Å²) in [5.41, 5.74) is 2.48. The van der Waals surface area contributed by atoms with Gasteiger partial charge in [-0.2, -0.15) is 0 Å². The molecular weight excluding hydrogens is 246 g/mol. The maximum Gasteiger partial charge on any atom is 0.259 e. The van der Waals surface area contributed by atoms with Gasteiger partial charge in [0.05, 0.1) is 11.3 Å². The largest absolute Gasteiger partial charge is 0.298 e. The van der Waals surface area contributed by atoms with Crippen molar-refractivity contribution in [1.82, 2.24) is 9.97 Å². The van der Waals surface area contributed by atoms with Crippen LogP contribution in [0.25, 0.3) is 0 Å². The van der Waals surface area contributed by atoms with Crippen molar-refractivity contribution in [3.05, 3.63) is 40.2 Å². The molecule has 0 radical (unpaired) electrons. The molecule has 0 atom stereocenters. The van der Waals surface area contributed by atoms with Gasteiger partial charge in [0.15, 0.2) is 5.13 Å². The van der Waals surface area contributed by atoms with Crippen molar-refractivity contribution in [1.29, 1.82) is 0 Å². The second-order valence-electron chi connectivity index (χ2n) is 4.02. The number of carbonyl (C=O) groups is 1. The number of rotatable bonds is 3. The molecule has 2 heterocycles. The average Bonchev–Trinajstić information content (AvgIpc) is 2.70. The summed E-state index contributed by atoms with van der Waals surface area (Å²) in [7, 11) is 0. The van der Waals surface area contributed by atoms with Gasteiger partial charge in [-0.1, -0.05) is 6.92 Å². The highest BCUT2D eigenvalue weighted by Crippen LogP contribution is 2.22. The molecule has 2 aromatic heterocycles. The van der Waals surface area contributed by atoms with Gasteiger partial charge in [-0.05, 0) is 32.4 Å². The predicted molar refractivity (Wildman–Crippen MR) is 73.2 cm³/mol. The van der Waals surface area contributed by atoms with E-state index in [0.717, 1.165) is 22.7 Å². The first-order chi connectivity index (χ1) is 8.60. The van der Waals surface area contributed by atoms with Crippen LogP contribution in [0.3, 0.4) is 0 Å². The number of pyridine rings is 1. The molecule has 4 nitrogen and oxygen atoms in total. The van der Waals surface area contributed by atoms with E-state index in [1.165, 1.54) is 11.3 Å². The van der Waals surface area contributed by atoms with E-state index >= 15 is 0 Å². The fraction of sp³-hybridized carbons (Fsp3) is 0.308. The molecule has 0 saturated heterocycles. The van der Waals surface area contributed by atoms with E-state index in [0.29, 0.717) is 10.7 Å². The van der Waals surface area contributed by atoms with E-state index in [1.54, 1.807) is 12.3 Å². The van der Waals surface area contributed by atoms with Crippen LogP contribution in [0.4, 0.5) is 5.13 Å². The predicted octanol–water partition coefficient (Wildman–Crippen LogP) is 2.97. The monoisotopic (exact) mass is 261 g/mol. The van der Waals surface area contributed by atoms with E-state index in [1.807, 2.05) is 19.9 Å². The fourth-order valence-corrected chi connectivity index (χ4v) is 2.48. The number of anilines is 1. The third-order valence-corrected chi connectivity index (χ3v) is 3.55. The molecule has 1 N–H and O–H groups in total. The van der Waals surface area contributed by atoms with Crippen molar-refractivity contribution in [3.63, 3.8) is 0 Å². The SMILES string of the molecule is CCc1nc(NC(=O)c2ccc(C)nc2)sc1C. The quantitative estimate of drug-likeness (QED) is 0.924. The minimum Gasteiger partial charge on any atom is -0.298 e.